The van der Waals surface area contributed by atoms with Crippen molar-refractivity contribution >= 4 is 22.5 Å². The summed E-state index contributed by atoms with van der Waals surface area (Å²) in [7, 11) is 1.72. The predicted octanol–water partition coefficient (Wildman–Crippen LogP) is 1.10. The summed E-state index contributed by atoms with van der Waals surface area (Å²) >= 11 is 1.26. The van der Waals surface area contributed by atoms with Gasteiger partial charge in [0, 0.05) is 0 Å². The summed E-state index contributed by atoms with van der Waals surface area (Å²) in [5.41, 5.74) is 1.33. The van der Waals surface area contributed by atoms with E-state index in [0.29, 0.717) is 0 Å². The molecule has 1 aromatic rings. The fourth-order valence-electron chi connectivity index (χ4n) is 0.872. The Hall–Kier alpha value is -0.181. The van der Waals surface area contributed by atoms with Gasteiger partial charge in [-0.3, -0.25) is 0 Å². The molecule has 0 saturated carbocycles. The summed E-state index contributed by atoms with van der Waals surface area (Å²) in [4.78, 5) is 0. The average Bonchev–Trinajstić information content (AvgIpc) is 2.04. The van der Waals surface area contributed by atoms with Crippen molar-refractivity contribution in [3.63, 3.8) is 0 Å². The van der Waals surface area contributed by atoms with E-state index in [1.807, 2.05) is 18.2 Å². The van der Waals surface area contributed by atoms with Gasteiger partial charge in [0.05, 0.1) is 0 Å². The molecule has 10 heavy (non-hydrogen) atoms. The molecule has 0 unspecified atom stereocenters. The van der Waals surface area contributed by atoms with Crippen LogP contribution < -0.4 is 4.74 Å². The summed E-state index contributed by atoms with van der Waals surface area (Å²) in [5.74, 6) is 1.02. The molecule has 52 valence electrons. The molecule has 2 heteroatoms. The number of methoxy groups -OCH3 is 1. The van der Waals surface area contributed by atoms with Gasteiger partial charge in [0.1, 0.15) is 0 Å². The normalized spacial score (nSPS) is 9.40. The zero-order chi connectivity index (χ0) is 7.40. The molecule has 1 aromatic carbocycles. The third-order valence-electron chi connectivity index (χ3n) is 1.41. The zero-order valence-electron chi connectivity index (χ0n) is 6.00. The van der Waals surface area contributed by atoms with E-state index in [9.17, 15) is 0 Å². The fourth-order valence-corrected chi connectivity index (χ4v) is 1.83. The molecule has 2 radical (unpaired) electrons. The zero-order valence-corrected chi connectivity index (χ0v) is 9.30. The molecule has 0 amide bonds. The quantitative estimate of drug-likeness (QED) is 0.704. The first kappa shape index (κ1) is 7.92. The molecule has 0 fully saturated rings. The van der Waals surface area contributed by atoms with E-state index in [0.717, 1.165) is 10.2 Å². The Morgan fingerprint density at radius 2 is 2.10 bits per heavy atom. The van der Waals surface area contributed by atoms with Crippen LogP contribution in [0.1, 0.15) is 5.56 Å². The third-order valence-corrected chi connectivity index (χ3v) is 2.67. The van der Waals surface area contributed by atoms with Gasteiger partial charge in [-0.15, -0.1) is 0 Å². The summed E-state index contributed by atoms with van der Waals surface area (Å²) in [6, 6.07) is 8.17. The third kappa shape index (κ3) is 1.66. The van der Waals surface area contributed by atoms with Gasteiger partial charge in [-0.1, -0.05) is 0 Å². The first-order valence-corrected chi connectivity index (χ1v) is 5.53. The second-order valence-corrected chi connectivity index (χ2v) is 3.18. The van der Waals surface area contributed by atoms with Crippen LogP contribution in [0.5, 0.6) is 5.75 Å². The second kappa shape index (κ2) is 3.86. The Bertz CT molecular complexity index is 187. The predicted molar refractivity (Wildman–Crippen MR) is 43.8 cm³/mol. The van der Waals surface area contributed by atoms with E-state index < -0.39 is 0 Å². The Morgan fingerprint density at radius 1 is 1.40 bits per heavy atom. The first-order chi connectivity index (χ1) is 4.88. The molecule has 0 aromatic heterocycles. The standard InChI is InChI=1S/C8H9O.Sn.H/c1-7-5-3-4-6-8(7)9-2;;/h3-6H,1H2,2H3;;. The maximum atomic E-state index is 5.16. The number of rotatable bonds is 2. The number of ether oxygens (including phenoxy) is 1. The molecule has 0 aliphatic heterocycles. The van der Waals surface area contributed by atoms with Gasteiger partial charge in [-0.25, -0.2) is 0 Å². The molecule has 0 atom stereocenters. The summed E-state index contributed by atoms with van der Waals surface area (Å²) in [5, 5.41) is 0. The molecule has 0 heterocycles. The summed E-state index contributed by atoms with van der Waals surface area (Å²) in [6.45, 7) is 0. The van der Waals surface area contributed by atoms with Gasteiger partial charge in [0.25, 0.3) is 0 Å². The number of benzene rings is 1. The molecule has 0 bridgehead atoms. The van der Waals surface area contributed by atoms with Crippen molar-refractivity contribution < 1.29 is 4.74 Å². The van der Waals surface area contributed by atoms with Crippen LogP contribution in [0, 0.1) is 0 Å². The van der Waals surface area contributed by atoms with Crippen molar-refractivity contribution in [3.05, 3.63) is 29.8 Å². The topological polar surface area (TPSA) is 9.23 Å². The molecule has 0 aliphatic rings. The Morgan fingerprint density at radius 3 is 2.60 bits per heavy atom. The molecule has 0 spiro atoms. The Labute approximate surface area is 74.5 Å². The number of hydrogen-bond acceptors (Lipinski definition) is 1. The summed E-state index contributed by atoms with van der Waals surface area (Å²) < 4.78 is 6.32. The van der Waals surface area contributed by atoms with Crippen molar-refractivity contribution in [1.82, 2.24) is 0 Å². The van der Waals surface area contributed by atoms with Gasteiger partial charge < -0.3 is 0 Å². The molecule has 1 nitrogen and oxygen atoms in total. The molecule has 1 rings (SSSR count). The van der Waals surface area contributed by atoms with Crippen molar-refractivity contribution in [3.8, 4) is 5.75 Å². The van der Waals surface area contributed by atoms with Gasteiger partial charge >= 0.3 is 74.4 Å². The van der Waals surface area contributed by atoms with E-state index in [1.54, 1.807) is 7.11 Å². The van der Waals surface area contributed by atoms with Crippen molar-refractivity contribution in [1.29, 1.82) is 0 Å². The van der Waals surface area contributed by atoms with Crippen LogP contribution in [0.15, 0.2) is 24.3 Å². The van der Waals surface area contributed by atoms with E-state index in [4.69, 9.17) is 4.74 Å². The van der Waals surface area contributed by atoms with Crippen LogP contribution >= 0.6 is 0 Å². The van der Waals surface area contributed by atoms with Crippen LogP contribution in [0.3, 0.4) is 0 Å². The molecule has 0 saturated heterocycles. The van der Waals surface area contributed by atoms with Crippen molar-refractivity contribution in [2.24, 2.45) is 0 Å². The minimum absolute atomic E-state index is 1.02. The van der Waals surface area contributed by atoms with E-state index in [1.165, 1.54) is 28.1 Å². The van der Waals surface area contributed by atoms with Crippen molar-refractivity contribution in [2.45, 2.75) is 4.44 Å². The monoisotopic (exact) mass is 242 g/mol. The van der Waals surface area contributed by atoms with Crippen LogP contribution in [0.25, 0.3) is 0 Å². The van der Waals surface area contributed by atoms with Crippen LogP contribution in [-0.4, -0.2) is 29.6 Å². The van der Waals surface area contributed by atoms with Crippen LogP contribution in [-0.2, 0) is 4.44 Å². The molecular weight excluding hydrogens is 231 g/mol. The van der Waals surface area contributed by atoms with Gasteiger partial charge in [0.15, 0.2) is 0 Å². The van der Waals surface area contributed by atoms with E-state index >= 15 is 0 Å². The summed E-state index contributed by atoms with van der Waals surface area (Å²) in [6.07, 6.45) is 0. The van der Waals surface area contributed by atoms with Gasteiger partial charge in [-0.2, -0.15) is 0 Å². The Balaban J connectivity index is 2.96. The minimum atomic E-state index is 1.02. The Kier molecular flexibility index (Phi) is 3.06. The number of hydrogen-bond donors (Lipinski definition) is 0. The molecule has 0 N–H and O–H groups in total. The van der Waals surface area contributed by atoms with Gasteiger partial charge in [0.2, 0.25) is 0 Å². The van der Waals surface area contributed by atoms with Crippen LogP contribution in [0.2, 0.25) is 0 Å². The SMILES string of the molecule is COc1ccccc1[CH2][SnH]. The second-order valence-electron chi connectivity index (χ2n) is 2.02. The molecule has 0 aliphatic carbocycles. The maximum absolute atomic E-state index is 5.16. The van der Waals surface area contributed by atoms with E-state index in [-0.39, 0.29) is 0 Å². The average molecular weight is 241 g/mol. The van der Waals surface area contributed by atoms with Crippen molar-refractivity contribution in [2.75, 3.05) is 7.11 Å². The van der Waals surface area contributed by atoms with E-state index in [2.05, 4.69) is 6.07 Å². The number of para-hydroxylation sites is 1. The first-order valence-electron chi connectivity index (χ1n) is 3.20. The molecular formula is C8H10OSn. The van der Waals surface area contributed by atoms with Crippen LogP contribution in [0.4, 0.5) is 0 Å². The van der Waals surface area contributed by atoms with Gasteiger partial charge in [-0.05, 0) is 0 Å². The fraction of sp³-hybridized carbons (Fsp3) is 0.250.